The molecule has 3 nitrogen and oxygen atoms in total. The molecule has 0 aromatic carbocycles. The highest BCUT2D eigenvalue weighted by Gasteiger charge is 2.22. The lowest BCUT2D eigenvalue weighted by molar-refractivity contribution is -0.120. The Hall–Kier alpha value is -0.960. The zero-order valence-electron chi connectivity index (χ0n) is 6.92. The maximum absolute atomic E-state index is 11.2. The van der Waals surface area contributed by atoms with Crippen molar-refractivity contribution in [2.75, 3.05) is 7.11 Å². The molecule has 1 unspecified atom stereocenters. The van der Waals surface area contributed by atoms with Gasteiger partial charge >= 0.3 is 0 Å². The number of allylic oxidation sites excluding steroid dienone is 1. The first-order valence-corrected chi connectivity index (χ1v) is 3.45. The van der Waals surface area contributed by atoms with Crippen LogP contribution in [0.2, 0.25) is 0 Å². The highest BCUT2D eigenvalue weighted by Crippen LogP contribution is 2.09. The van der Waals surface area contributed by atoms with Gasteiger partial charge in [0.2, 0.25) is 0 Å². The zero-order valence-corrected chi connectivity index (χ0v) is 6.92. The van der Waals surface area contributed by atoms with E-state index in [4.69, 9.17) is 4.74 Å². The summed E-state index contributed by atoms with van der Waals surface area (Å²) < 4.78 is 4.94. The van der Waals surface area contributed by atoms with Gasteiger partial charge in [-0.05, 0) is 13.8 Å². The van der Waals surface area contributed by atoms with Crippen LogP contribution in [0.5, 0.6) is 0 Å². The van der Waals surface area contributed by atoms with Gasteiger partial charge in [0.05, 0.1) is 5.71 Å². The van der Waals surface area contributed by atoms with E-state index >= 15 is 0 Å². The van der Waals surface area contributed by atoms with E-state index in [1.165, 1.54) is 13.2 Å². The van der Waals surface area contributed by atoms with Gasteiger partial charge in [-0.25, -0.2) is 0 Å². The fourth-order valence-electron chi connectivity index (χ4n) is 1.14. The number of carbonyl (C=O) groups is 1. The number of rotatable bonds is 1. The van der Waals surface area contributed by atoms with Crippen molar-refractivity contribution in [3.63, 3.8) is 0 Å². The van der Waals surface area contributed by atoms with Gasteiger partial charge in [0.25, 0.3) is 0 Å². The van der Waals surface area contributed by atoms with Gasteiger partial charge in [-0.1, -0.05) is 0 Å². The van der Waals surface area contributed by atoms with Crippen LogP contribution < -0.4 is 0 Å². The number of hydrogen-bond donors (Lipinski definition) is 0. The van der Waals surface area contributed by atoms with Crippen LogP contribution in [0.15, 0.2) is 16.8 Å². The maximum atomic E-state index is 11.2. The highest BCUT2D eigenvalue weighted by atomic mass is 16.5. The van der Waals surface area contributed by atoms with Gasteiger partial charge in [-0.15, -0.1) is 0 Å². The molecule has 0 amide bonds. The number of methoxy groups -OCH3 is 1. The Morgan fingerprint density at radius 3 is 2.64 bits per heavy atom. The molecule has 0 N–H and O–H groups in total. The summed E-state index contributed by atoms with van der Waals surface area (Å²) in [5, 5.41) is 0. The van der Waals surface area contributed by atoms with Crippen molar-refractivity contribution in [3.05, 3.63) is 11.8 Å². The zero-order chi connectivity index (χ0) is 8.43. The van der Waals surface area contributed by atoms with E-state index in [9.17, 15) is 4.79 Å². The standard InChI is InChI=1S/C8H11NO2/c1-5-4-7(10)8(11-3)6(2)9-5/h4,8H,1-3H3. The van der Waals surface area contributed by atoms with Gasteiger partial charge in [-0.2, -0.15) is 0 Å². The van der Waals surface area contributed by atoms with E-state index in [0.717, 1.165) is 11.4 Å². The Kier molecular flexibility index (Phi) is 2.19. The molecule has 0 aromatic heterocycles. The molecule has 0 saturated carbocycles. The third-order valence-corrected chi connectivity index (χ3v) is 1.58. The minimum absolute atomic E-state index is 0.0162. The lowest BCUT2D eigenvalue weighted by Crippen LogP contribution is -2.31. The summed E-state index contributed by atoms with van der Waals surface area (Å²) in [5.74, 6) is -0.0162. The van der Waals surface area contributed by atoms with Gasteiger partial charge in [0, 0.05) is 18.9 Å². The Morgan fingerprint density at radius 1 is 1.55 bits per heavy atom. The molecule has 1 atom stereocenters. The molecule has 0 aromatic rings. The second-order valence-corrected chi connectivity index (χ2v) is 2.56. The number of ether oxygens (including phenoxy) is 1. The molecule has 11 heavy (non-hydrogen) atoms. The smallest absolute Gasteiger partial charge is 0.191 e. The largest absolute Gasteiger partial charge is 0.367 e. The molecule has 1 rings (SSSR count). The topological polar surface area (TPSA) is 38.7 Å². The van der Waals surface area contributed by atoms with Crippen molar-refractivity contribution in [2.45, 2.75) is 20.0 Å². The van der Waals surface area contributed by atoms with Crippen molar-refractivity contribution in [2.24, 2.45) is 4.99 Å². The summed E-state index contributed by atoms with van der Waals surface area (Å²) >= 11 is 0. The van der Waals surface area contributed by atoms with Crippen LogP contribution in [0.1, 0.15) is 13.8 Å². The molecule has 1 aliphatic heterocycles. The van der Waals surface area contributed by atoms with Crippen LogP contribution in [0, 0.1) is 0 Å². The molecule has 3 heteroatoms. The molecule has 1 heterocycles. The minimum atomic E-state index is -0.460. The molecule has 0 spiro atoms. The van der Waals surface area contributed by atoms with Crippen molar-refractivity contribution in [1.29, 1.82) is 0 Å². The summed E-state index contributed by atoms with van der Waals surface area (Å²) in [6.07, 6.45) is 1.04. The van der Waals surface area contributed by atoms with Crippen molar-refractivity contribution < 1.29 is 9.53 Å². The summed E-state index contributed by atoms with van der Waals surface area (Å²) in [6, 6.07) is 0. The maximum Gasteiger partial charge on any atom is 0.191 e. The Labute approximate surface area is 65.8 Å². The van der Waals surface area contributed by atoms with Crippen molar-refractivity contribution >= 4 is 11.5 Å². The molecule has 60 valence electrons. The van der Waals surface area contributed by atoms with Crippen LogP contribution in [-0.2, 0) is 9.53 Å². The predicted molar refractivity (Wildman–Crippen MR) is 42.7 cm³/mol. The minimum Gasteiger partial charge on any atom is -0.367 e. The van der Waals surface area contributed by atoms with E-state index in [0.29, 0.717) is 0 Å². The van der Waals surface area contributed by atoms with Crippen molar-refractivity contribution in [1.82, 2.24) is 0 Å². The Balaban J connectivity index is 2.91. The van der Waals surface area contributed by atoms with Crippen LogP contribution in [0.25, 0.3) is 0 Å². The predicted octanol–water partition coefficient (Wildman–Crippen LogP) is 0.949. The first-order chi connectivity index (χ1) is 5.15. The second-order valence-electron chi connectivity index (χ2n) is 2.56. The first kappa shape index (κ1) is 8.14. The summed E-state index contributed by atoms with van der Waals surface area (Å²) in [4.78, 5) is 15.3. The fourth-order valence-corrected chi connectivity index (χ4v) is 1.14. The van der Waals surface area contributed by atoms with E-state index in [1.54, 1.807) is 13.8 Å². The normalized spacial score (nSPS) is 24.6. The second kappa shape index (κ2) is 2.96. The molecular formula is C8H11NO2. The van der Waals surface area contributed by atoms with E-state index in [1.807, 2.05) is 0 Å². The molecule has 0 radical (unpaired) electrons. The lowest BCUT2D eigenvalue weighted by Gasteiger charge is -2.15. The Bertz CT molecular complexity index is 240. The van der Waals surface area contributed by atoms with Crippen LogP contribution >= 0.6 is 0 Å². The van der Waals surface area contributed by atoms with Crippen LogP contribution in [0.4, 0.5) is 0 Å². The third kappa shape index (κ3) is 1.54. The molecule has 1 aliphatic rings. The van der Waals surface area contributed by atoms with Crippen LogP contribution in [0.3, 0.4) is 0 Å². The average Bonchev–Trinajstić information content (AvgIpc) is 1.85. The van der Waals surface area contributed by atoms with Gasteiger partial charge in [0.1, 0.15) is 0 Å². The van der Waals surface area contributed by atoms with E-state index in [2.05, 4.69) is 4.99 Å². The number of nitrogens with zero attached hydrogens (tertiary/aromatic N) is 1. The summed E-state index contributed by atoms with van der Waals surface area (Å²) in [6.45, 7) is 3.59. The quantitative estimate of drug-likeness (QED) is 0.562. The summed E-state index contributed by atoms with van der Waals surface area (Å²) in [5.41, 5.74) is 1.48. The van der Waals surface area contributed by atoms with E-state index < -0.39 is 6.10 Å². The van der Waals surface area contributed by atoms with Crippen molar-refractivity contribution in [3.8, 4) is 0 Å². The van der Waals surface area contributed by atoms with E-state index in [-0.39, 0.29) is 5.78 Å². The van der Waals surface area contributed by atoms with Gasteiger partial charge < -0.3 is 4.74 Å². The molecule has 0 bridgehead atoms. The monoisotopic (exact) mass is 153 g/mol. The lowest BCUT2D eigenvalue weighted by atomic mass is 10.1. The average molecular weight is 153 g/mol. The highest BCUT2D eigenvalue weighted by molar-refractivity contribution is 6.13. The first-order valence-electron chi connectivity index (χ1n) is 3.45. The Morgan fingerprint density at radius 2 is 2.18 bits per heavy atom. The van der Waals surface area contributed by atoms with Gasteiger partial charge in [0.15, 0.2) is 11.9 Å². The number of carbonyl (C=O) groups excluding carboxylic acids is 1. The summed E-state index contributed by atoms with van der Waals surface area (Å²) in [7, 11) is 1.51. The SMILES string of the molecule is COC1C(=O)C=C(C)N=C1C. The third-order valence-electron chi connectivity index (χ3n) is 1.58. The molecular weight excluding hydrogens is 142 g/mol. The number of aliphatic imine (C=N–C) groups is 1. The fraction of sp³-hybridized carbons (Fsp3) is 0.500. The molecule has 0 fully saturated rings. The number of ketones is 1. The number of hydrogen-bond acceptors (Lipinski definition) is 3. The molecule has 0 saturated heterocycles. The van der Waals surface area contributed by atoms with Gasteiger partial charge in [-0.3, -0.25) is 9.79 Å². The molecule has 0 aliphatic carbocycles. The van der Waals surface area contributed by atoms with Crippen LogP contribution in [-0.4, -0.2) is 24.7 Å².